The predicted octanol–water partition coefficient (Wildman–Crippen LogP) is 2.54. The lowest BCUT2D eigenvalue weighted by Gasteiger charge is -2.66. The number of carbonyl (C=O) groups excluding carboxylic acids is 2. The maximum Gasteiger partial charge on any atom is 0.333 e. The van der Waals surface area contributed by atoms with Gasteiger partial charge >= 0.3 is 5.97 Å². The average molecular weight is 1170 g/mol. The Morgan fingerprint density at radius 1 is 0.659 bits per heavy atom. The molecule has 0 aromatic heterocycles. The lowest BCUT2D eigenvalue weighted by Crippen LogP contribution is -2.75. The fourth-order valence-corrected chi connectivity index (χ4v) is 15.8. The average Bonchev–Trinajstić information content (AvgIpc) is 1.34. The Labute approximate surface area is 481 Å². The van der Waals surface area contributed by atoms with E-state index in [1.165, 1.54) is 14.0 Å². The van der Waals surface area contributed by atoms with Gasteiger partial charge in [0.2, 0.25) is 0 Å². The molecule has 4 aliphatic carbocycles. The number of hydrogen-bond donors (Lipinski definition) is 7. The molecule has 0 radical (unpaired) electrons. The first-order chi connectivity index (χ1) is 38.8. The van der Waals surface area contributed by atoms with E-state index in [1.807, 2.05) is 20.8 Å². The number of hydrogen-bond acceptors (Lipinski definition) is 23. The van der Waals surface area contributed by atoms with E-state index in [4.69, 9.17) is 66.3 Å². The van der Waals surface area contributed by atoms with Gasteiger partial charge in [0.05, 0.1) is 61.5 Å². The number of aliphatic hydroxyl groups excluding tert-OH is 5. The molecule has 82 heavy (non-hydrogen) atoms. The molecule has 0 aromatic rings. The summed E-state index contributed by atoms with van der Waals surface area (Å²) in [5.74, 6) is -1.62. The third-order valence-corrected chi connectivity index (χ3v) is 20.7. The van der Waals surface area contributed by atoms with Crippen molar-refractivity contribution in [1.29, 1.82) is 0 Å². The number of fused-ring (bicyclic) bond motifs is 5. The van der Waals surface area contributed by atoms with E-state index >= 15 is 0 Å². The summed E-state index contributed by atoms with van der Waals surface area (Å²) in [5.41, 5.74) is -3.41. The van der Waals surface area contributed by atoms with Crippen LogP contribution in [0.2, 0.25) is 0 Å². The summed E-state index contributed by atoms with van der Waals surface area (Å²) < 4.78 is 87.4. The molecule has 9 rings (SSSR count). The lowest BCUT2D eigenvalue weighted by molar-refractivity contribution is -0.358. The summed E-state index contributed by atoms with van der Waals surface area (Å²) in [7, 11) is 4.71. The fourth-order valence-electron chi connectivity index (χ4n) is 15.8. The van der Waals surface area contributed by atoms with E-state index in [2.05, 4.69) is 13.0 Å². The second-order valence-electron chi connectivity index (χ2n) is 25.3. The van der Waals surface area contributed by atoms with Gasteiger partial charge in [0.25, 0.3) is 0 Å². The molecule has 9 aliphatic rings. The minimum atomic E-state index is -1.68. The van der Waals surface area contributed by atoms with Crippen molar-refractivity contribution in [2.45, 2.75) is 285 Å². The summed E-state index contributed by atoms with van der Waals surface area (Å²) in [6.07, 6.45) is -11.3. The lowest BCUT2D eigenvalue weighted by atomic mass is 9.43. The maximum absolute atomic E-state index is 13.4. The smallest absolute Gasteiger partial charge is 0.333 e. The second-order valence-corrected chi connectivity index (χ2v) is 25.3. The van der Waals surface area contributed by atoms with Gasteiger partial charge in [0.1, 0.15) is 71.9 Å². The predicted molar refractivity (Wildman–Crippen MR) is 286 cm³/mol. The highest BCUT2D eigenvalue weighted by molar-refractivity contribution is 5.88. The largest absolute Gasteiger partial charge is 0.458 e. The molecule has 0 bridgehead atoms. The van der Waals surface area contributed by atoms with Gasteiger partial charge in [-0.3, -0.25) is 4.79 Å². The van der Waals surface area contributed by atoms with Gasteiger partial charge in [-0.05, 0) is 98.8 Å². The molecule has 8 fully saturated rings. The summed E-state index contributed by atoms with van der Waals surface area (Å²) >= 11 is 0. The van der Waals surface area contributed by atoms with Crippen molar-refractivity contribution in [1.82, 2.24) is 0 Å². The zero-order chi connectivity index (χ0) is 59.5. The standard InChI is InChI=1S/C59H94O23/c1-13-27(2)54(66)78-42-25-41-56(8)17-15-34(20-33(56)14-18-58(41,67)59(68)19-16-35(28(3)61)57(42,59)9)76-44-22-37(69-10)52(30(5)73-44)81-46-23-38(70-11)51(31(6)74-46)80-43-21-36(62)50(29(4)72-43)79-45-24-39(71-12)53(32(7)75-45)82-55-49(65)48(64)47(63)40(26-60)77-55/h13-14,29-32,34-53,55,60,62-65,67-68H,15-26H2,1-12H3. The molecular formula is C59H94O23. The number of ether oxygens (including phenoxy) is 14. The third-order valence-electron chi connectivity index (χ3n) is 20.7. The van der Waals surface area contributed by atoms with Crippen LogP contribution in [0.1, 0.15) is 133 Å². The van der Waals surface area contributed by atoms with E-state index in [0.717, 1.165) is 5.57 Å². The first-order valence-corrected chi connectivity index (χ1v) is 29.7. The fraction of sp³-hybridized carbons (Fsp3) is 0.898. The van der Waals surface area contributed by atoms with E-state index in [-0.39, 0.29) is 37.6 Å². The van der Waals surface area contributed by atoms with Gasteiger partial charge in [0.15, 0.2) is 31.5 Å². The minimum absolute atomic E-state index is 0.0638. The number of ketones is 1. The Morgan fingerprint density at radius 3 is 1.68 bits per heavy atom. The topological polar surface area (TPSA) is 305 Å². The normalized spacial score (nSPS) is 50.8. The summed E-state index contributed by atoms with van der Waals surface area (Å²) in [4.78, 5) is 26.6. The molecule has 5 saturated heterocycles. The van der Waals surface area contributed by atoms with Crippen LogP contribution in [0.4, 0.5) is 0 Å². The van der Waals surface area contributed by atoms with E-state index < -0.39 is 182 Å². The molecule has 7 N–H and O–H groups in total. The van der Waals surface area contributed by atoms with Crippen LogP contribution in [0.25, 0.3) is 0 Å². The van der Waals surface area contributed by atoms with Crippen LogP contribution in [0.3, 0.4) is 0 Å². The second kappa shape index (κ2) is 25.5. The van der Waals surface area contributed by atoms with Crippen LogP contribution in [-0.4, -0.2) is 228 Å². The molecule has 0 aromatic carbocycles. The van der Waals surface area contributed by atoms with E-state index in [9.17, 15) is 45.3 Å². The highest BCUT2D eigenvalue weighted by Crippen LogP contribution is 2.70. The van der Waals surface area contributed by atoms with Crippen molar-refractivity contribution in [2.24, 2.45) is 22.7 Å². The number of carbonyl (C=O) groups is 2. The molecule has 0 amide bonds. The van der Waals surface area contributed by atoms with Crippen LogP contribution in [0.5, 0.6) is 0 Å². The van der Waals surface area contributed by atoms with Crippen LogP contribution in [0.15, 0.2) is 23.3 Å². The maximum atomic E-state index is 13.4. The van der Waals surface area contributed by atoms with Gasteiger partial charge in [-0.25, -0.2) is 4.79 Å². The van der Waals surface area contributed by atoms with E-state index in [1.54, 1.807) is 48.0 Å². The third kappa shape index (κ3) is 11.7. The molecule has 3 saturated carbocycles. The number of methoxy groups -OCH3 is 3. The van der Waals surface area contributed by atoms with Gasteiger partial charge in [-0.15, -0.1) is 0 Å². The Kier molecular flexibility index (Phi) is 20.0. The van der Waals surface area contributed by atoms with Crippen molar-refractivity contribution in [3.63, 3.8) is 0 Å². The van der Waals surface area contributed by atoms with Crippen LogP contribution >= 0.6 is 0 Å². The van der Waals surface area contributed by atoms with Crippen LogP contribution in [-0.2, 0) is 75.9 Å². The Balaban J connectivity index is 0.763. The number of rotatable bonds is 17. The van der Waals surface area contributed by atoms with Crippen molar-refractivity contribution < 1.29 is 112 Å². The number of esters is 1. The van der Waals surface area contributed by atoms with E-state index in [0.29, 0.717) is 50.5 Å². The summed E-state index contributed by atoms with van der Waals surface area (Å²) in [6.45, 7) is 15.6. The molecule has 29 unspecified atom stereocenters. The molecule has 5 aliphatic heterocycles. The number of Topliss-reactive ketones (excluding diaryl/α,β-unsaturated/α-hetero) is 1. The monoisotopic (exact) mass is 1170 g/mol. The first-order valence-electron chi connectivity index (χ1n) is 29.7. The van der Waals surface area contributed by atoms with Crippen molar-refractivity contribution in [3.05, 3.63) is 23.3 Å². The molecular weight excluding hydrogens is 1080 g/mol. The van der Waals surface area contributed by atoms with Crippen LogP contribution < -0.4 is 0 Å². The van der Waals surface area contributed by atoms with Gasteiger partial charge in [0, 0.05) is 69.8 Å². The first kappa shape index (κ1) is 64.3. The number of aliphatic hydroxyl groups is 7. The molecule has 29 atom stereocenters. The van der Waals surface area contributed by atoms with Crippen molar-refractivity contribution >= 4 is 11.8 Å². The quantitative estimate of drug-likeness (QED) is 0.0625. The SMILES string of the molecule is CC=C(C)C(=O)OC1CC2C3(C)CCC(OC4CC(OC)C(OC5CC(OC)C(OC6CC(O)C(OC7CC(OC)C(OC8OC(CO)C(O)C(O)C8O)C(C)O7)C(C)O6)C(C)O5)C(C)O4)CC3=CCC2(O)C2(O)CCC(C(C)=O)C12C. The van der Waals surface area contributed by atoms with Crippen LogP contribution in [0, 0.1) is 22.7 Å². The van der Waals surface area contributed by atoms with Crippen molar-refractivity contribution in [3.8, 4) is 0 Å². The minimum Gasteiger partial charge on any atom is -0.458 e. The van der Waals surface area contributed by atoms with Gasteiger partial charge < -0.3 is 102 Å². The highest BCUT2D eigenvalue weighted by atomic mass is 16.8. The Hall–Kier alpha value is -2.18. The van der Waals surface area contributed by atoms with Crippen molar-refractivity contribution in [2.75, 3.05) is 27.9 Å². The Morgan fingerprint density at radius 2 is 1.17 bits per heavy atom. The zero-order valence-corrected chi connectivity index (χ0v) is 49.7. The zero-order valence-electron chi connectivity index (χ0n) is 49.7. The molecule has 0 spiro atoms. The molecule has 5 heterocycles. The summed E-state index contributed by atoms with van der Waals surface area (Å²) in [5, 5.41) is 78.0. The van der Waals surface area contributed by atoms with Gasteiger partial charge in [-0.2, -0.15) is 0 Å². The Bertz CT molecular complexity index is 2260. The summed E-state index contributed by atoms with van der Waals surface area (Å²) in [6, 6.07) is 0. The molecule has 468 valence electrons. The number of allylic oxidation sites excluding steroid dienone is 1. The molecule has 23 heteroatoms. The highest BCUT2D eigenvalue weighted by Gasteiger charge is 2.77. The van der Waals surface area contributed by atoms with Gasteiger partial charge in [-0.1, -0.05) is 31.6 Å². The molecule has 23 nitrogen and oxygen atoms in total.